The number of allylic oxidation sites excluding steroid dienone is 1. The number of hydrogen-bond acceptors (Lipinski definition) is 6. The number of hydrogen-bond donors (Lipinski definition) is 1. The molecule has 8 heteroatoms. The van der Waals surface area contributed by atoms with Gasteiger partial charge in [-0.25, -0.2) is 0 Å². The van der Waals surface area contributed by atoms with Crippen molar-refractivity contribution in [3.63, 3.8) is 0 Å². The zero-order valence-corrected chi connectivity index (χ0v) is 21.4. The summed E-state index contributed by atoms with van der Waals surface area (Å²) < 4.78 is 4.96. The average Bonchev–Trinajstić information content (AvgIpc) is 3.46. The third-order valence-electron chi connectivity index (χ3n) is 7.51. The Morgan fingerprint density at radius 3 is 2.76 bits per heavy atom. The van der Waals surface area contributed by atoms with E-state index in [0.717, 1.165) is 32.1 Å². The Morgan fingerprint density at radius 1 is 1.35 bits per heavy atom. The lowest BCUT2D eigenvalue weighted by atomic mass is 9.71. The van der Waals surface area contributed by atoms with E-state index < -0.39 is 22.6 Å². The highest BCUT2D eigenvalue weighted by molar-refractivity contribution is 8.02. The predicted octanol–water partition coefficient (Wildman–Crippen LogP) is 3.17. The summed E-state index contributed by atoms with van der Waals surface area (Å²) in [6, 6.07) is -0.612. The SMILES string of the molecule is C=CCCCOC(=O)[C@@H]1[C@H]2C(=O)N(CCCO)C(C(=O)N(CC=C)C(C)CCC)C23CC[C@H]1S3. The van der Waals surface area contributed by atoms with Crippen molar-refractivity contribution in [1.29, 1.82) is 0 Å². The molecule has 0 saturated carbocycles. The first-order valence-corrected chi connectivity index (χ1v) is 13.5. The summed E-state index contributed by atoms with van der Waals surface area (Å²) in [7, 11) is 0. The summed E-state index contributed by atoms with van der Waals surface area (Å²) in [4.78, 5) is 44.5. The van der Waals surface area contributed by atoms with E-state index in [1.165, 1.54) is 0 Å². The summed E-state index contributed by atoms with van der Waals surface area (Å²) in [5.74, 6) is -1.61. The van der Waals surface area contributed by atoms with Gasteiger partial charge in [0.1, 0.15) is 6.04 Å². The molecule has 0 aromatic rings. The Hall–Kier alpha value is -1.80. The summed E-state index contributed by atoms with van der Waals surface area (Å²) >= 11 is 1.65. The minimum absolute atomic E-state index is 0.00272. The van der Waals surface area contributed by atoms with Gasteiger partial charge in [0.25, 0.3) is 0 Å². The van der Waals surface area contributed by atoms with Crippen LogP contribution in [-0.2, 0) is 19.1 Å². The minimum Gasteiger partial charge on any atom is -0.465 e. The zero-order valence-electron chi connectivity index (χ0n) is 20.6. The lowest BCUT2D eigenvalue weighted by Gasteiger charge is -2.39. The summed E-state index contributed by atoms with van der Waals surface area (Å²) in [6.07, 6.45) is 8.74. The van der Waals surface area contributed by atoms with Crippen LogP contribution in [0.25, 0.3) is 0 Å². The minimum atomic E-state index is -0.635. The molecule has 3 saturated heterocycles. The van der Waals surface area contributed by atoms with E-state index in [1.807, 2.05) is 11.8 Å². The number of aliphatic hydroxyl groups excluding tert-OH is 1. The molecule has 1 spiro atoms. The molecule has 7 nitrogen and oxygen atoms in total. The second kappa shape index (κ2) is 11.8. The number of unbranched alkanes of at least 4 members (excludes halogenated alkanes) is 1. The number of likely N-dealkylation sites (tertiary alicyclic amines) is 1. The topological polar surface area (TPSA) is 87.1 Å². The van der Waals surface area contributed by atoms with Crippen molar-refractivity contribution in [2.45, 2.75) is 80.9 Å². The molecule has 1 N–H and O–H groups in total. The Kier molecular flexibility index (Phi) is 9.27. The Morgan fingerprint density at radius 2 is 2.12 bits per heavy atom. The monoisotopic (exact) mass is 492 g/mol. The highest BCUT2D eigenvalue weighted by atomic mass is 32.2. The molecule has 2 bridgehead atoms. The highest BCUT2D eigenvalue weighted by Gasteiger charge is 2.74. The molecule has 3 heterocycles. The van der Waals surface area contributed by atoms with Crippen molar-refractivity contribution in [1.82, 2.24) is 9.80 Å². The number of carbonyl (C=O) groups excluding carboxylic acids is 3. The third kappa shape index (κ3) is 4.81. The van der Waals surface area contributed by atoms with Crippen molar-refractivity contribution in [2.75, 3.05) is 26.3 Å². The second-order valence-corrected chi connectivity index (χ2v) is 11.3. The molecule has 34 heavy (non-hydrogen) atoms. The van der Waals surface area contributed by atoms with Crippen molar-refractivity contribution >= 4 is 29.5 Å². The van der Waals surface area contributed by atoms with E-state index in [1.54, 1.807) is 28.8 Å². The number of amides is 2. The van der Waals surface area contributed by atoms with Crippen molar-refractivity contribution < 1.29 is 24.2 Å². The molecule has 2 amide bonds. The Bertz CT molecular complexity index is 789. The van der Waals surface area contributed by atoms with Crippen LogP contribution in [0.15, 0.2) is 25.3 Å². The van der Waals surface area contributed by atoms with Gasteiger partial charge in [-0.05, 0) is 45.4 Å². The number of esters is 1. The molecule has 3 aliphatic rings. The standard InChI is InChI=1S/C26H40N2O5S/c1-5-8-9-17-33-25(32)20-19-12-13-26(34-19)21(20)23(30)28(15-10-16-29)22(26)24(31)27(14-7-3)18(4)11-6-2/h5,7,18-22,29H,1,3,6,8-17H2,2,4H3/t18?,19-,20+,21+,22?,26?/m1/s1. The van der Waals surface area contributed by atoms with Crippen LogP contribution >= 0.6 is 11.8 Å². The van der Waals surface area contributed by atoms with Crippen LogP contribution in [0.1, 0.15) is 58.8 Å². The number of ether oxygens (including phenoxy) is 1. The van der Waals surface area contributed by atoms with Crippen LogP contribution < -0.4 is 0 Å². The maximum Gasteiger partial charge on any atom is 0.310 e. The van der Waals surface area contributed by atoms with Gasteiger partial charge in [-0.1, -0.05) is 25.5 Å². The average molecular weight is 493 g/mol. The van der Waals surface area contributed by atoms with Gasteiger partial charge in [-0.3, -0.25) is 14.4 Å². The van der Waals surface area contributed by atoms with Crippen LogP contribution in [0.4, 0.5) is 0 Å². The van der Waals surface area contributed by atoms with Crippen molar-refractivity contribution in [3.8, 4) is 0 Å². The van der Waals surface area contributed by atoms with Gasteiger partial charge in [0.05, 0.1) is 23.2 Å². The van der Waals surface area contributed by atoms with Gasteiger partial charge in [-0.15, -0.1) is 24.9 Å². The van der Waals surface area contributed by atoms with Crippen LogP contribution in [0, 0.1) is 11.8 Å². The molecule has 0 radical (unpaired) electrons. The van der Waals surface area contributed by atoms with E-state index in [0.29, 0.717) is 32.5 Å². The Labute approximate surface area is 208 Å². The number of aliphatic hydroxyl groups is 1. The molecular formula is C26H40N2O5S. The summed E-state index contributed by atoms with van der Waals surface area (Å²) in [5.41, 5.74) is 0. The molecular weight excluding hydrogens is 452 g/mol. The molecule has 0 aromatic heterocycles. The molecule has 190 valence electrons. The fourth-order valence-electron chi connectivity index (χ4n) is 6.04. The van der Waals surface area contributed by atoms with Crippen molar-refractivity contribution in [3.05, 3.63) is 25.3 Å². The maximum atomic E-state index is 14.1. The second-order valence-electron chi connectivity index (χ2n) is 9.68. The largest absolute Gasteiger partial charge is 0.465 e. The zero-order chi connectivity index (χ0) is 24.9. The summed E-state index contributed by atoms with van der Waals surface area (Å²) in [6.45, 7) is 12.6. The van der Waals surface area contributed by atoms with Gasteiger partial charge in [0.15, 0.2) is 0 Å². The summed E-state index contributed by atoms with van der Waals surface area (Å²) in [5, 5.41) is 9.47. The van der Waals surface area contributed by atoms with Crippen LogP contribution in [0.5, 0.6) is 0 Å². The molecule has 3 fully saturated rings. The molecule has 0 aliphatic carbocycles. The molecule has 3 rings (SSSR count). The predicted molar refractivity (Wildman–Crippen MR) is 134 cm³/mol. The first-order chi connectivity index (χ1) is 16.4. The molecule has 6 atom stereocenters. The number of carbonyl (C=O) groups is 3. The number of fused-ring (bicyclic) bond motifs is 1. The van der Waals surface area contributed by atoms with Gasteiger partial charge in [0, 0.05) is 31.0 Å². The van der Waals surface area contributed by atoms with E-state index in [2.05, 4.69) is 20.1 Å². The molecule has 0 aromatic carbocycles. The number of rotatable bonds is 14. The normalized spacial score (nSPS) is 30.2. The number of nitrogens with zero attached hydrogens (tertiary/aromatic N) is 2. The van der Waals surface area contributed by atoms with Crippen LogP contribution in [0.3, 0.4) is 0 Å². The quantitative estimate of drug-likeness (QED) is 0.228. The van der Waals surface area contributed by atoms with E-state index in [9.17, 15) is 19.5 Å². The van der Waals surface area contributed by atoms with Gasteiger partial charge in [0.2, 0.25) is 11.8 Å². The lowest BCUT2D eigenvalue weighted by molar-refractivity contribution is -0.154. The lowest BCUT2D eigenvalue weighted by Crippen LogP contribution is -2.56. The van der Waals surface area contributed by atoms with Gasteiger partial charge < -0.3 is 19.6 Å². The fourth-order valence-corrected chi connectivity index (χ4v) is 8.24. The molecule has 3 unspecified atom stereocenters. The smallest absolute Gasteiger partial charge is 0.310 e. The van der Waals surface area contributed by atoms with Crippen LogP contribution in [0.2, 0.25) is 0 Å². The van der Waals surface area contributed by atoms with Crippen molar-refractivity contribution in [2.24, 2.45) is 11.8 Å². The van der Waals surface area contributed by atoms with Gasteiger partial charge in [-0.2, -0.15) is 0 Å². The van der Waals surface area contributed by atoms with E-state index in [4.69, 9.17) is 4.74 Å². The van der Waals surface area contributed by atoms with E-state index >= 15 is 0 Å². The highest BCUT2D eigenvalue weighted by Crippen LogP contribution is 2.66. The number of thioether (sulfide) groups is 1. The maximum absolute atomic E-state index is 14.1. The van der Waals surface area contributed by atoms with Crippen LogP contribution in [-0.4, -0.2) is 81.1 Å². The molecule has 3 aliphatic heterocycles. The fraction of sp³-hybridized carbons (Fsp3) is 0.731. The first-order valence-electron chi connectivity index (χ1n) is 12.7. The Balaban J connectivity index is 1.92. The van der Waals surface area contributed by atoms with Gasteiger partial charge >= 0.3 is 5.97 Å². The first kappa shape index (κ1) is 26.8. The van der Waals surface area contributed by atoms with E-state index in [-0.39, 0.29) is 35.7 Å². The third-order valence-corrected chi connectivity index (χ3v) is 9.46.